The number of hydrogen-bond donors (Lipinski definition) is 1. The zero-order chi connectivity index (χ0) is 14.7. The number of benzene rings is 1. The van der Waals surface area contributed by atoms with Crippen LogP contribution in [0.15, 0.2) is 18.2 Å². The summed E-state index contributed by atoms with van der Waals surface area (Å²) in [5, 5.41) is 10.5. The maximum atomic E-state index is 10.5. The monoisotopic (exact) mass is 276 g/mol. The molecule has 1 aromatic carbocycles. The summed E-state index contributed by atoms with van der Waals surface area (Å²) in [7, 11) is 4.24. The van der Waals surface area contributed by atoms with Crippen molar-refractivity contribution in [3.63, 3.8) is 0 Å². The largest absolute Gasteiger partial charge is 0.387 e. The van der Waals surface area contributed by atoms with Crippen molar-refractivity contribution < 1.29 is 5.11 Å². The molecule has 112 valence electrons. The number of aryl methyl sites for hydroxylation is 2. The van der Waals surface area contributed by atoms with E-state index >= 15 is 0 Å². The normalized spacial score (nSPS) is 21.6. The van der Waals surface area contributed by atoms with Gasteiger partial charge in [0.25, 0.3) is 0 Å². The van der Waals surface area contributed by atoms with E-state index in [0.29, 0.717) is 6.04 Å². The van der Waals surface area contributed by atoms with Gasteiger partial charge < -0.3 is 10.0 Å². The predicted molar refractivity (Wildman–Crippen MR) is 84.0 cm³/mol. The molecule has 0 radical (unpaired) electrons. The molecule has 2 rings (SSSR count). The Labute approximate surface area is 123 Å². The molecule has 0 aliphatic carbocycles. The van der Waals surface area contributed by atoms with Crippen molar-refractivity contribution in [3.05, 3.63) is 34.9 Å². The Hall–Kier alpha value is -0.900. The SMILES string of the molecule is Cc1ccc(C(O)CN2CCCC2CN(C)C)cc1C. The molecular formula is C17H28N2O. The first-order chi connectivity index (χ1) is 9.47. The van der Waals surface area contributed by atoms with Gasteiger partial charge in [0.1, 0.15) is 0 Å². The lowest BCUT2D eigenvalue weighted by atomic mass is 10.0. The smallest absolute Gasteiger partial charge is 0.0917 e. The lowest BCUT2D eigenvalue weighted by Gasteiger charge is -2.29. The van der Waals surface area contributed by atoms with Crippen molar-refractivity contribution in [1.29, 1.82) is 0 Å². The Morgan fingerprint density at radius 2 is 2.05 bits per heavy atom. The number of β-amino-alcohol motifs (C(OH)–C–C–N with tert-alkyl or cyclic N) is 1. The maximum Gasteiger partial charge on any atom is 0.0917 e. The fourth-order valence-electron chi connectivity index (χ4n) is 3.06. The molecule has 2 unspecified atom stereocenters. The molecule has 20 heavy (non-hydrogen) atoms. The molecule has 1 fully saturated rings. The van der Waals surface area contributed by atoms with Crippen molar-refractivity contribution >= 4 is 0 Å². The van der Waals surface area contributed by atoms with Gasteiger partial charge in [-0.1, -0.05) is 18.2 Å². The molecule has 2 atom stereocenters. The maximum absolute atomic E-state index is 10.5. The molecule has 1 heterocycles. The van der Waals surface area contributed by atoms with Crippen LogP contribution < -0.4 is 0 Å². The Morgan fingerprint density at radius 3 is 2.70 bits per heavy atom. The van der Waals surface area contributed by atoms with Gasteiger partial charge in [0.05, 0.1) is 6.10 Å². The van der Waals surface area contributed by atoms with Crippen LogP contribution in [0.25, 0.3) is 0 Å². The van der Waals surface area contributed by atoms with Gasteiger partial charge in [-0.2, -0.15) is 0 Å². The lowest BCUT2D eigenvalue weighted by Crippen LogP contribution is -2.39. The fraction of sp³-hybridized carbons (Fsp3) is 0.647. The highest BCUT2D eigenvalue weighted by atomic mass is 16.3. The molecule has 0 spiro atoms. The van der Waals surface area contributed by atoms with Crippen molar-refractivity contribution in [3.8, 4) is 0 Å². The Balaban J connectivity index is 1.99. The number of likely N-dealkylation sites (N-methyl/N-ethyl adjacent to an activating group) is 1. The van der Waals surface area contributed by atoms with Crippen LogP contribution >= 0.6 is 0 Å². The van der Waals surface area contributed by atoms with E-state index in [9.17, 15) is 5.11 Å². The fourth-order valence-corrected chi connectivity index (χ4v) is 3.06. The van der Waals surface area contributed by atoms with E-state index in [4.69, 9.17) is 0 Å². The first-order valence-corrected chi connectivity index (χ1v) is 7.61. The van der Waals surface area contributed by atoms with Crippen LogP contribution in [0.5, 0.6) is 0 Å². The van der Waals surface area contributed by atoms with E-state index in [1.54, 1.807) is 0 Å². The Morgan fingerprint density at radius 1 is 1.30 bits per heavy atom. The van der Waals surface area contributed by atoms with Crippen LogP contribution in [0.2, 0.25) is 0 Å². The van der Waals surface area contributed by atoms with Crippen molar-refractivity contribution in [2.45, 2.75) is 38.8 Å². The van der Waals surface area contributed by atoms with Crippen LogP contribution in [-0.4, -0.2) is 54.7 Å². The molecule has 0 saturated carbocycles. The molecular weight excluding hydrogens is 248 g/mol. The summed E-state index contributed by atoms with van der Waals surface area (Å²) < 4.78 is 0. The molecule has 0 bridgehead atoms. The molecule has 0 amide bonds. The summed E-state index contributed by atoms with van der Waals surface area (Å²) >= 11 is 0. The molecule has 1 aromatic rings. The third-order valence-electron chi connectivity index (χ3n) is 4.40. The Bertz CT molecular complexity index is 445. The molecule has 1 saturated heterocycles. The predicted octanol–water partition coefficient (Wildman–Crippen LogP) is 2.36. The molecule has 1 N–H and O–H groups in total. The van der Waals surface area contributed by atoms with Gasteiger partial charge in [0.2, 0.25) is 0 Å². The van der Waals surface area contributed by atoms with Crippen molar-refractivity contribution in [2.75, 3.05) is 33.7 Å². The van der Waals surface area contributed by atoms with Gasteiger partial charge >= 0.3 is 0 Å². The van der Waals surface area contributed by atoms with Crippen LogP contribution in [-0.2, 0) is 0 Å². The highest BCUT2D eigenvalue weighted by molar-refractivity contribution is 5.31. The number of hydrogen-bond acceptors (Lipinski definition) is 3. The standard InChI is InChI=1S/C17H28N2O/c1-13-7-8-15(10-14(13)2)17(20)12-19-9-5-6-16(19)11-18(3)4/h7-8,10,16-17,20H,5-6,9,11-12H2,1-4H3. The van der Waals surface area contributed by atoms with Crippen molar-refractivity contribution in [1.82, 2.24) is 9.80 Å². The van der Waals surface area contributed by atoms with Crippen LogP contribution in [0, 0.1) is 13.8 Å². The number of rotatable bonds is 5. The van der Waals surface area contributed by atoms with Gasteiger partial charge in [-0.3, -0.25) is 4.90 Å². The van der Waals surface area contributed by atoms with Crippen LogP contribution in [0.3, 0.4) is 0 Å². The van der Waals surface area contributed by atoms with Gasteiger partial charge in [-0.25, -0.2) is 0 Å². The zero-order valence-corrected chi connectivity index (χ0v) is 13.3. The summed E-state index contributed by atoms with van der Waals surface area (Å²) in [4.78, 5) is 4.69. The minimum atomic E-state index is -0.378. The number of likely N-dealkylation sites (tertiary alicyclic amines) is 1. The van der Waals surface area contributed by atoms with E-state index in [1.165, 1.54) is 24.0 Å². The molecule has 3 nitrogen and oxygen atoms in total. The lowest BCUT2D eigenvalue weighted by molar-refractivity contribution is 0.0980. The van der Waals surface area contributed by atoms with Gasteiger partial charge in [-0.15, -0.1) is 0 Å². The summed E-state index contributed by atoms with van der Waals surface area (Å²) in [5.74, 6) is 0. The topological polar surface area (TPSA) is 26.7 Å². The molecule has 1 aliphatic rings. The number of nitrogens with zero attached hydrogens (tertiary/aromatic N) is 2. The molecule has 0 aromatic heterocycles. The van der Waals surface area contributed by atoms with Crippen LogP contribution in [0.4, 0.5) is 0 Å². The minimum Gasteiger partial charge on any atom is -0.387 e. The second-order valence-electron chi connectivity index (χ2n) is 6.41. The average Bonchev–Trinajstić information content (AvgIpc) is 2.79. The van der Waals surface area contributed by atoms with Crippen molar-refractivity contribution in [2.24, 2.45) is 0 Å². The average molecular weight is 276 g/mol. The number of aliphatic hydroxyl groups is 1. The third-order valence-corrected chi connectivity index (χ3v) is 4.40. The van der Waals surface area contributed by atoms with Gasteiger partial charge in [-0.05, 0) is 64.0 Å². The quantitative estimate of drug-likeness (QED) is 0.894. The van der Waals surface area contributed by atoms with Gasteiger partial charge in [0, 0.05) is 19.1 Å². The van der Waals surface area contributed by atoms with Crippen LogP contribution in [0.1, 0.15) is 35.6 Å². The molecule has 3 heteroatoms. The van der Waals surface area contributed by atoms with E-state index in [0.717, 1.165) is 25.2 Å². The number of aliphatic hydroxyl groups excluding tert-OH is 1. The van der Waals surface area contributed by atoms with E-state index in [1.807, 2.05) is 0 Å². The third kappa shape index (κ3) is 3.81. The van der Waals surface area contributed by atoms with E-state index < -0.39 is 0 Å². The zero-order valence-electron chi connectivity index (χ0n) is 13.3. The first kappa shape index (κ1) is 15.5. The van der Waals surface area contributed by atoms with E-state index in [2.05, 4.69) is 55.9 Å². The summed E-state index contributed by atoms with van der Waals surface area (Å²) in [6.45, 7) is 7.16. The highest BCUT2D eigenvalue weighted by Crippen LogP contribution is 2.23. The van der Waals surface area contributed by atoms with E-state index in [-0.39, 0.29) is 6.10 Å². The molecule has 1 aliphatic heterocycles. The first-order valence-electron chi connectivity index (χ1n) is 7.61. The summed E-state index contributed by atoms with van der Waals surface area (Å²) in [5.41, 5.74) is 3.59. The van der Waals surface area contributed by atoms with Gasteiger partial charge in [0.15, 0.2) is 0 Å². The minimum absolute atomic E-state index is 0.378. The summed E-state index contributed by atoms with van der Waals surface area (Å²) in [6.07, 6.45) is 2.12. The summed E-state index contributed by atoms with van der Waals surface area (Å²) in [6, 6.07) is 6.88. The second-order valence-corrected chi connectivity index (χ2v) is 6.41. The Kier molecular flexibility index (Phi) is 5.19. The highest BCUT2D eigenvalue weighted by Gasteiger charge is 2.26. The second kappa shape index (κ2) is 6.70.